The van der Waals surface area contributed by atoms with E-state index in [1.165, 1.54) is 31.4 Å². The van der Waals surface area contributed by atoms with Gasteiger partial charge in [0.2, 0.25) is 5.91 Å². The maximum absolute atomic E-state index is 12.7. The molecule has 2 aliphatic rings. The molecule has 1 aromatic rings. The van der Waals surface area contributed by atoms with Gasteiger partial charge in [0.25, 0.3) is 0 Å². The highest BCUT2D eigenvalue weighted by Gasteiger charge is 2.26. The Labute approximate surface area is 146 Å². The van der Waals surface area contributed by atoms with Gasteiger partial charge < -0.3 is 9.80 Å². The Morgan fingerprint density at radius 2 is 1.71 bits per heavy atom. The highest BCUT2D eigenvalue weighted by molar-refractivity contribution is 5.79. The third kappa shape index (κ3) is 4.29. The molecule has 132 valence electrons. The summed E-state index contributed by atoms with van der Waals surface area (Å²) < 4.78 is 0. The van der Waals surface area contributed by atoms with Crippen LogP contribution in [-0.2, 0) is 11.2 Å². The lowest BCUT2D eigenvalue weighted by atomic mass is 10.1. The Kier molecular flexibility index (Phi) is 5.77. The first kappa shape index (κ1) is 17.3. The van der Waals surface area contributed by atoms with Crippen LogP contribution in [0.4, 0.5) is 5.69 Å². The van der Waals surface area contributed by atoms with Crippen LogP contribution in [0.3, 0.4) is 0 Å². The molecular weight excluding hydrogens is 298 g/mol. The van der Waals surface area contributed by atoms with Gasteiger partial charge in [-0.2, -0.15) is 0 Å². The Hall–Kier alpha value is -1.55. The molecule has 0 atom stereocenters. The molecule has 24 heavy (non-hydrogen) atoms. The second-order valence-electron chi connectivity index (χ2n) is 7.45. The molecule has 0 bridgehead atoms. The van der Waals surface area contributed by atoms with E-state index in [0.717, 1.165) is 44.2 Å². The smallest absolute Gasteiger partial charge is 0.227 e. The first-order chi connectivity index (χ1) is 11.6. The summed E-state index contributed by atoms with van der Waals surface area (Å²) in [5, 5.41) is 0. The normalized spacial score (nSPS) is 20.2. The van der Waals surface area contributed by atoms with Crippen LogP contribution < -0.4 is 4.90 Å². The van der Waals surface area contributed by atoms with Crippen molar-refractivity contribution in [2.24, 2.45) is 0 Å². The van der Waals surface area contributed by atoms with Crippen LogP contribution in [-0.4, -0.2) is 62.0 Å². The minimum Gasteiger partial charge on any atom is -0.378 e. The number of nitrogens with zero attached hydrogens (tertiary/aromatic N) is 3. The third-order valence-electron chi connectivity index (χ3n) is 5.53. The van der Waals surface area contributed by atoms with Gasteiger partial charge in [0.15, 0.2) is 0 Å². The van der Waals surface area contributed by atoms with Crippen molar-refractivity contribution in [1.82, 2.24) is 9.80 Å². The topological polar surface area (TPSA) is 26.8 Å². The molecule has 1 aliphatic carbocycles. The highest BCUT2D eigenvalue weighted by atomic mass is 16.2. The predicted molar refractivity (Wildman–Crippen MR) is 99.5 cm³/mol. The number of hydrogen-bond acceptors (Lipinski definition) is 3. The van der Waals surface area contributed by atoms with Gasteiger partial charge in [0.05, 0.1) is 6.42 Å². The van der Waals surface area contributed by atoms with Crippen molar-refractivity contribution in [3.05, 3.63) is 29.8 Å². The van der Waals surface area contributed by atoms with Crippen LogP contribution in [0.15, 0.2) is 24.3 Å². The molecule has 0 unspecified atom stereocenters. The average Bonchev–Trinajstić information content (AvgIpc) is 3.00. The van der Waals surface area contributed by atoms with E-state index in [1.807, 2.05) is 14.1 Å². The average molecular weight is 329 g/mol. The lowest BCUT2D eigenvalue weighted by Crippen LogP contribution is -2.38. The van der Waals surface area contributed by atoms with Crippen LogP contribution in [0.1, 0.15) is 37.7 Å². The largest absolute Gasteiger partial charge is 0.378 e. The lowest BCUT2D eigenvalue weighted by molar-refractivity contribution is -0.130. The number of amides is 1. The van der Waals surface area contributed by atoms with E-state index in [-0.39, 0.29) is 5.91 Å². The Morgan fingerprint density at radius 3 is 2.38 bits per heavy atom. The molecule has 1 saturated heterocycles. The molecule has 1 aliphatic heterocycles. The zero-order valence-corrected chi connectivity index (χ0v) is 15.2. The standard InChI is InChI=1S/C20H31N3O/c1-21(2)18-10-8-17(9-11-18)16-20(24)23-13-5-12-22(14-15-23)19-6-3-4-7-19/h8-11,19H,3-7,12-16H2,1-2H3. The molecule has 1 heterocycles. The summed E-state index contributed by atoms with van der Waals surface area (Å²) in [5.41, 5.74) is 2.29. The Bertz CT molecular complexity index is 534. The maximum atomic E-state index is 12.7. The van der Waals surface area contributed by atoms with Crippen LogP contribution in [0, 0.1) is 0 Å². The Morgan fingerprint density at radius 1 is 1.00 bits per heavy atom. The summed E-state index contributed by atoms with van der Waals surface area (Å²) >= 11 is 0. The molecule has 0 aromatic heterocycles. The quantitative estimate of drug-likeness (QED) is 0.850. The van der Waals surface area contributed by atoms with Gasteiger partial charge in [0, 0.05) is 52.0 Å². The first-order valence-electron chi connectivity index (χ1n) is 9.41. The van der Waals surface area contributed by atoms with Crippen molar-refractivity contribution in [3.63, 3.8) is 0 Å². The molecule has 0 spiro atoms. The van der Waals surface area contributed by atoms with E-state index >= 15 is 0 Å². The van der Waals surface area contributed by atoms with Crippen molar-refractivity contribution in [2.45, 2.75) is 44.6 Å². The number of rotatable bonds is 4. The van der Waals surface area contributed by atoms with Crippen molar-refractivity contribution < 1.29 is 4.79 Å². The fourth-order valence-electron chi connectivity index (χ4n) is 4.02. The van der Waals surface area contributed by atoms with Gasteiger partial charge in [-0.25, -0.2) is 0 Å². The van der Waals surface area contributed by atoms with Crippen molar-refractivity contribution in [2.75, 3.05) is 45.2 Å². The minimum absolute atomic E-state index is 0.279. The monoisotopic (exact) mass is 329 g/mol. The molecule has 2 fully saturated rings. The number of anilines is 1. The molecule has 1 aromatic carbocycles. The molecule has 1 amide bonds. The van der Waals surface area contributed by atoms with Crippen LogP contribution in [0.5, 0.6) is 0 Å². The molecule has 0 N–H and O–H groups in total. The van der Waals surface area contributed by atoms with E-state index in [2.05, 4.69) is 39.0 Å². The zero-order valence-electron chi connectivity index (χ0n) is 15.2. The van der Waals surface area contributed by atoms with Crippen molar-refractivity contribution in [1.29, 1.82) is 0 Å². The zero-order chi connectivity index (χ0) is 16.9. The summed E-state index contributed by atoms with van der Waals surface area (Å²) in [4.78, 5) is 19.5. The van der Waals surface area contributed by atoms with Crippen LogP contribution in [0.2, 0.25) is 0 Å². The van der Waals surface area contributed by atoms with Crippen LogP contribution >= 0.6 is 0 Å². The number of carbonyl (C=O) groups is 1. The van der Waals surface area contributed by atoms with Gasteiger partial charge in [0.1, 0.15) is 0 Å². The number of benzene rings is 1. The highest BCUT2D eigenvalue weighted by Crippen LogP contribution is 2.24. The molecule has 4 heteroatoms. The third-order valence-corrected chi connectivity index (χ3v) is 5.53. The summed E-state index contributed by atoms with van der Waals surface area (Å²) in [6.45, 7) is 4.02. The van der Waals surface area contributed by atoms with Gasteiger partial charge in [-0.15, -0.1) is 0 Å². The summed E-state index contributed by atoms with van der Waals surface area (Å²) in [5.74, 6) is 0.279. The van der Waals surface area contributed by atoms with Gasteiger partial charge >= 0.3 is 0 Å². The summed E-state index contributed by atoms with van der Waals surface area (Å²) in [7, 11) is 4.07. The van der Waals surface area contributed by atoms with E-state index in [0.29, 0.717) is 6.42 Å². The second-order valence-corrected chi connectivity index (χ2v) is 7.45. The summed E-state index contributed by atoms with van der Waals surface area (Å²) in [6.07, 6.45) is 7.11. The molecular formula is C20H31N3O. The molecule has 1 saturated carbocycles. The van der Waals surface area contributed by atoms with E-state index in [1.54, 1.807) is 0 Å². The maximum Gasteiger partial charge on any atom is 0.227 e. The van der Waals surface area contributed by atoms with E-state index < -0.39 is 0 Å². The van der Waals surface area contributed by atoms with Gasteiger partial charge in [-0.05, 0) is 37.0 Å². The number of carbonyl (C=O) groups excluding carboxylic acids is 1. The van der Waals surface area contributed by atoms with Crippen LogP contribution in [0.25, 0.3) is 0 Å². The van der Waals surface area contributed by atoms with E-state index in [4.69, 9.17) is 0 Å². The Balaban J connectivity index is 1.53. The van der Waals surface area contributed by atoms with E-state index in [9.17, 15) is 4.79 Å². The lowest BCUT2D eigenvalue weighted by Gasteiger charge is -2.27. The second kappa shape index (κ2) is 8.02. The molecule has 4 nitrogen and oxygen atoms in total. The van der Waals surface area contributed by atoms with Gasteiger partial charge in [-0.1, -0.05) is 25.0 Å². The van der Waals surface area contributed by atoms with Gasteiger partial charge in [-0.3, -0.25) is 9.69 Å². The van der Waals surface area contributed by atoms with Crippen molar-refractivity contribution >= 4 is 11.6 Å². The fourth-order valence-corrected chi connectivity index (χ4v) is 4.02. The predicted octanol–water partition coefficient (Wildman–Crippen LogP) is 2.77. The fraction of sp³-hybridized carbons (Fsp3) is 0.650. The summed E-state index contributed by atoms with van der Waals surface area (Å²) in [6, 6.07) is 9.12. The SMILES string of the molecule is CN(C)c1ccc(CC(=O)N2CCCN(C3CCCC3)CC2)cc1. The number of hydrogen-bond donors (Lipinski definition) is 0. The molecule has 3 rings (SSSR count). The minimum atomic E-state index is 0.279. The van der Waals surface area contributed by atoms with Crippen molar-refractivity contribution in [3.8, 4) is 0 Å². The first-order valence-corrected chi connectivity index (χ1v) is 9.41. The molecule has 0 radical (unpaired) electrons.